The summed E-state index contributed by atoms with van der Waals surface area (Å²) >= 11 is 0. The number of fused-ring (bicyclic) bond motifs is 5. The summed E-state index contributed by atoms with van der Waals surface area (Å²) in [6, 6.07) is 0.0596. The first kappa shape index (κ1) is 30.5. The lowest BCUT2D eigenvalue weighted by atomic mass is 9.46. The molecule has 3 saturated carbocycles. The lowest BCUT2D eigenvalue weighted by Crippen LogP contribution is -2.51. The van der Waals surface area contributed by atoms with Crippen LogP contribution in [-0.4, -0.2) is 85.8 Å². The number of nitrogens with one attached hydrogen (secondary N) is 1. The standard InChI is InChI=1S/C32H57N4O3/c1-22(2)35(19-17-33-18-20-36(6,7)8)30(38)39-34-23(3)27-11-12-28-26-10-9-24-21-25(37)13-15-31(24,4)29(26)14-16-32(27,28)5/h21-22,25-29,33,37H,9-20H2,1-8H3/q+1/b34-23+/t25-,26-,27+,28-,29-,31-,32+/m0/s1. The van der Waals surface area contributed by atoms with E-state index in [2.05, 4.69) is 58.5 Å². The maximum atomic E-state index is 13.0. The molecule has 222 valence electrons. The Hall–Kier alpha value is -1.44. The molecular formula is C32H57N4O3+. The third-order valence-corrected chi connectivity index (χ3v) is 11.2. The van der Waals surface area contributed by atoms with Crippen molar-refractivity contribution in [3.05, 3.63) is 11.6 Å². The molecule has 0 heterocycles. The molecule has 0 radical (unpaired) electrons. The highest BCUT2D eigenvalue weighted by Crippen LogP contribution is 2.66. The highest BCUT2D eigenvalue weighted by Gasteiger charge is 2.59. The third-order valence-electron chi connectivity index (χ3n) is 11.2. The predicted octanol–water partition coefficient (Wildman–Crippen LogP) is 5.45. The van der Waals surface area contributed by atoms with Crippen molar-refractivity contribution in [1.29, 1.82) is 0 Å². The van der Waals surface area contributed by atoms with Crippen molar-refractivity contribution >= 4 is 11.8 Å². The zero-order chi connectivity index (χ0) is 28.6. The number of hydrogen-bond donors (Lipinski definition) is 2. The van der Waals surface area contributed by atoms with Crippen molar-refractivity contribution in [2.45, 2.75) is 98.1 Å². The Morgan fingerprint density at radius 2 is 1.87 bits per heavy atom. The zero-order valence-electron chi connectivity index (χ0n) is 26.1. The molecule has 4 rings (SSSR count). The van der Waals surface area contributed by atoms with Gasteiger partial charge in [-0.3, -0.25) is 4.84 Å². The van der Waals surface area contributed by atoms with Crippen molar-refractivity contribution in [2.75, 3.05) is 47.3 Å². The van der Waals surface area contributed by atoms with E-state index in [0.717, 1.165) is 67.3 Å². The minimum Gasteiger partial charge on any atom is -0.389 e. The fourth-order valence-corrected chi connectivity index (χ4v) is 8.92. The normalized spacial score (nSPS) is 36.6. The van der Waals surface area contributed by atoms with Gasteiger partial charge < -0.3 is 19.8 Å². The van der Waals surface area contributed by atoms with Crippen molar-refractivity contribution in [1.82, 2.24) is 10.2 Å². The predicted molar refractivity (Wildman–Crippen MR) is 158 cm³/mol. The smallest absolute Gasteiger partial charge is 0.389 e. The summed E-state index contributed by atoms with van der Waals surface area (Å²) in [5, 5.41) is 18.2. The van der Waals surface area contributed by atoms with Gasteiger partial charge >= 0.3 is 6.09 Å². The first-order chi connectivity index (χ1) is 18.3. The zero-order valence-corrected chi connectivity index (χ0v) is 26.1. The van der Waals surface area contributed by atoms with Crippen LogP contribution in [0, 0.1) is 34.5 Å². The van der Waals surface area contributed by atoms with E-state index in [9.17, 15) is 9.90 Å². The first-order valence-electron chi connectivity index (χ1n) is 15.7. The average molecular weight is 546 g/mol. The fourth-order valence-electron chi connectivity index (χ4n) is 8.92. The summed E-state index contributed by atoms with van der Waals surface area (Å²) in [6.07, 6.45) is 10.9. The highest BCUT2D eigenvalue weighted by atomic mass is 16.7. The summed E-state index contributed by atoms with van der Waals surface area (Å²) in [5.41, 5.74) is 3.00. The molecule has 1 amide bonds. The van der Waals surface area contributed by atoms with Crippen LogP contribution in [0.15, 0.2) is 16.8 Å². The van der Waals surface area contributed by atoms with E-state index in [-0.39, 0.29) is 29.1 Å². The van der Waals surface area contributed by atoms with Crippen molar-refractivity contribution in [3.63, 3.8) is 0 Å². The summed E-state index contributed by atoms with van der Waals surface area (Å²) in [7, 11) is 6.55. The summed E-state index contributed by atoms with van der Waals surface area (Å²) in [5.74, 6) is 2.56. The van der Waals surface area contributed by atoms with Crippen molar-refractivity contribution in [3.8, 4) is 0 Å². The third kappa shape index (κ3) is 6.41. The quantitative estimate of drug-likeness (QED) is 0.101. The van der Waals surface area contributed by atoms with E-state index in [1.54, 1.807) is 4.90 Å². The number of hydrogen-bond acceptors (Lipinski definition) is 5. The molecule has 4 aliphatic rings. The number of aliphatic hydroxyl groups excluding tert-OH is 1. The second-order valence-electron chi connectivity index (χ2n) is 14.9. The molecule has 0 aliphatic heterocycles. The van der Waals surface area contributed by atoms with E-state index in [0.29, 0.717) is 18.4 Å². The maximum absolute atomic E-state index is 13.0. The van der Waals surface area contributed by atoms with E-state index < -0.39 is 0 Å². The molecule has 0 spiro atoms. The second-order valence-corrected chi connectivity index (χ2v) is 14.9. The number of oxime groups is 1. The number of aliphatic hydroxyl groups is 1. The van der Waals surface area contributed by atoms with Gasteiger partial charge in [0.15, 0.2) is 0 Å². The average Bonchev–Trinajstić information content (AvgIpc) is 3.21. The van der Waals surface area contributed by atoms with Crippen molar-refractivity contribution in [2.24, 2.45) is 39.7 Å². The van der Waals surface area contributed by atoms with Gasteiger partial charge in [0, 0.05) is 31.6 Å². The molecule has 4 aliphatic carbocycles. The van der Waals surface area contributed by atoms with E-state index in [1.165, 1.54) is 31.3 Å². The molecule has 0 aromatic heterocycles. The lowest BCUT2D eigenvalue weighted by molar-refractivity contribution is -0.869. The lowest BCUT2D eigenvalue weighted by Gasteiger charge is -2.58. The molecule has 2 N–H and O–H groups in total. The Bertz CT molecular complexity index is 940. The van der Waals surface area contributed by atoms with Crippen LogP contribution in [0.25, 0.3) is 0 Å². The molecule has 7 heteroatoms. The van der Waals surface area contributed by atoms with E-state index in [1.807, 2.05) is 13.8 Å². The number of carbonyl (C=O) groups excluding carboxylic acids is 1. The minimum atomic E-state index is -0.347. The Labute approximate surface area is 238 Å². The summed E-state index contributed by atoms with van der Waals surface area (Å²) < 4.78 is 0.917. The Balaban J connectivity index is 1.36. The molecule has 0 bridgehead atoms. The number of amides is 1. The van der Waals surface area contributed by atoms with Crippen LogP contribution in [-0.2, 0) is 4.84 Å². The molecule has 0 aromatic carbocycles. The molecule has 0 saturated heterocycles. The van der Waals surface area contributed by atoms with Crippen LogP contribution in [0.1, 0.15) is 86.0 Å². The van der Waals surface area contributed by atoms with Gasteiger partial charge in [-0.15, -0.1) is 0 Å². The van der Waals surface area contributed by atoms with E-state index >= 15 is 0 Å². The van der Waals surface area contributed by atoms with Gasteiger partial charge in [0.25, 0.3) is 0 Å². The Morgan fingerprint density at radius 3 is 2.56 bits per heavy atom. The number of nitrogens with zero attached hydrogens (tertiary/aromatic N) is 3. The van der Waals surface area contributed by atoms with Crippen molar-refractivity contribution < 1.29 is 19.2 Å². The van der Waals surface area contributed by atoms with Crippen LogP contribution >= 0.6 is 0 Å². The van der Waals surface area contributed by atoms with Crippen LogP contribution in [0.4, 0.5) is 4.79 Å². The molecule has 3 fully saturated rings. The van der Waals surface area contributed by atoms with Crippen LogP contribution in [0.3, 0.4) is 0 Å². The SMILES string of the molecule is C/C(=N\OC(=O)N(CCNCC[N+](C)(C)C)C(C)C)[C@H]1CC[C@H]2[C@@H]3CCC4=C[C@@H](O)CC[C@]4(C)[C@H]3CC[C@]12C. The van der Waals surface area contributed by atoms with Gasteiger partial charge in [-0.2, -0.15) is 0 Å². The fraction of sp³-hybridized carbons (Fsp3) is 0.875. The molecular weight excluding hydrogens is 488 g/mol. The second kappa shape index (κ2) is 11.8. The number of allylic oxidation sites excluding steroid dienone is 1. The Kier molecular flexibility index (Phi) is 9.24. The number of rotatable bonds is 9. The summed E-state index contributed by atoms with van der Waals surface area (Å²) in [4.78, 5) is 20.4. The largest absolute Gasteiger partial charge is 0.436 e. The Morgan fingerprint density at radius 1 is 1.13 bits per heavy atom. The van der Waals surface area contributed by atoms with Gasteiger partial charge in [0.2, 0.25) is 0 Å². The maximum Gasteiger partial charge on any atom is 0.436 e. The summed E-state index contributed by atoms with van der Waals surface area (Å²) in [6.45, 7) is 14.4. The van der Waals surface area contributed by atoms with Gasteiger partial charge in [-0.05, 0) is 101 Å². The molecule has 7 nitrogen and oxygen atoms in total. The highest BCUT2D eigenvalue weighted by molar-refractivity contribution is 5.85. The number of carbonyl (C=O) groups is 1. The van der Waals surface area contributed by atoms with Crippen LogP contribution < -0.4 is 5.32 Å². The monoisotopic (exact) mass is 545 g/mol. The number of likely N-dealkylation sites (N-methyl/N-ethyl adjacent to an activating group) is 1. The van der Waals surface area contributed by atoms with Gasteiger partial charge in [-0.1, -0.05) is 30.7 Å². The molecule has 0 unspecified atom stereocenters. The molecule has 0 aromatic rings. The van der Waals surface area contributed by atoms with Gasteiger partial charge in [0.05, 0.1) is 39.5 Å². The molecule has 39 heavy (non-hydrogen) atoms. The van der Waals surface area contributed by atoms with Gasteiger partial charge in [0.1, 0.15) is 0 Å². The molecule has 7 atom stereocenters. The topological polar surface area (TPSA) is 74.2 Å². The van der Waals surface area contributed by atoms with E-state index in [4.69, 9.17) is 4.84 Å². The van der Waals surface area contributed by atoms with Crippen LogP contribution in [0.2, 0.25) is 0 Å². The first-order valence-corrected chi connectivity index (χ1v) is 15.7. The van der Waals surface area contributed by atoms with Gasteiger partial charge in [-0.25, -0.2) is 4.79 Å². The van der Waals surface area contributed by atoms with Crippen LogP contribution in [0.5, 0.6) is 0 Å². The number of quaternary nitrogens is 1. The minimum absolute atomic E-state index is 0.0596.